The molecule has 0 bridgehead atoms. The van der Waals surface area contributed by atoms with E-state index in [0.29, 0.717) is 6.61 Å². The van der Waals surface area contributed by atoms with E-state index >= 15 is 0 Å². The third-order valence-corrected chi connectivity index (χ3v) is 2.07. The molecule has 1 N–H and O–H groups in total. The van der Waals surface area contributed by atoms with Crippen LogP contribution < -0.4 is 5.46 Å². The van der Waals surface area contributed by atoms with Crippen molar-refractivity contribution < 1.29 is 9.68 Å². The highest BCUT2D eigenvalue weighted by Crippen LogP contribution is 2.12. The minimum absolute atomic E-state index is 0.505. The predicted molar refractivity (Wildman–Crippen MR) is 46.1 cm³/mol. The molecule has 0 atom stereocenters. The van der Waals surface area contributed by atoms with Crippen molar-refractivity contribution in [2.24, 2.45) is 0 Å². The molecule has 1 heterocycles. The number of rotatable bonds is 0. The summed E-state index contributed by atoms with van der Waals surface area (Å²) in [6.07, 6.45) is 0. The Morgan fingerprint density at radius 3 is 3.18 bits per heavy atom. The minimum atomic E-state index is -0.753. The van der Waals surface area contributed by atoms with Gasteiger partial charge < -0.3 is 9.68 Å². The van der Waals surface area contributed by atoms with Crippen LogP contribution in [0.1, 0.15) is 5.56 Å². The Morgan fingerprint density at radius 2 is 2.36 bits per heavy atom. The van der Waals surface area contributed by atoms with Crippen LogP contribution in [0.25, 0.3) is 0 Å². The Hall–Kier alpha value is -0.445. The second kappa shape index (κ2) is 2.55. The van der Waals surface area contributed by atoms with Gasteiger partial charge in [-0.3, -0.25) is 0 Å². The molecule has 2 rings (SSSR count). The third-order valence-electron chi connectivity index (χ3n) is 1.79. The van der Waals surface area contributed by atoms with E-state index in [4.69, 9.17) is 4.65 Å². The van der Waals surface area contributed by atoms with Gasteiger partial charge in [0.1, 0.15) is 0 Å². The smallest absolute Gasteiger partial charge is 0.423 e. The number of fused-ring (bicyclic) bond motifs is 1. The lowest BCUT2D eigenvalue weighted by molar-refractivity contribution is 0.275. The Kier molecular flexibility index (Phi) is 1.67. The summed E-state index contributed by atoms with van der Waals surface area (Å²) in [5, 5.41) is 9.25. The molecule has 4 heteroatoms. The molecule has 1 aromatic carbocycles. The summed E-state index contributed by atoms with van der Waals surface area (Å²) < 4.78 is 5.00. The summed E-state index contributed by atoms with van der Waals surface area (Å²) in [6, 6.07) is 5.65. The predicted octanol–water partition coefficient (Wildman–Crippen LogP) is 0.193. The molecule has 0 radical (unpaired) electrons. The molecule has 0 spiro atoms. The van der Waals surface area contributed by atoms with Crippen LogP contribution in [0.15, 0.2) is 23.1 Å². The molecule has 2 nitrogen and oxygen atoms in total. The molecule has 56 valence electrons. The maximum absolute atomic E-state index is 9.25. The molecular formula is C7H7BO2S. The van der Waals surface area contributed by atoms with Crippen molar-refractivity contribution in [2.45, 2.75) is 11.5 Å². The highest BCUT2D eigenvalue weighted by Gasteiger charge is 2.26. The van der Waals surface area contributed by atoms with Crippen LogP contribution in [-0.4, -0.2) is 12.1 Å². The molecule has 0 saturated heterocycles. The summed E-state index contributed by atoms with van der Waals surface area (Å²) >= 11 is 4.16. The number of hydrogen-bond acceptors (Lipinski definition) is 3. The van der Waals surface area contributed by atoms with Crippen LogP contribution in [0.5, 0.6) is 0 Å². The summed E-state index contributed by atoms with van der Waals surface area (Å²) in [7, 11) is -0.753. The van der Waals surface area contributed by atoms with Crippen LogP contribution in [0.4, 0.5) is 0 Å². The lowest BCUT2D eigenvalue weighted by atomic mass is 9.80. The van der Waals surface area contributed by atoms with Gasteiger partial charge in [0.2, 0.25) is 0 Å². The van der Waals surface area contributed by atoms with Crippen molar-refractivity contribution in [3.05, 3.63) is 23.8 Å². The lowest BCUT2D eigenvalue weighted by Gasteiger charge is -1.97. The van der Waals surface area contributed by atoms with E-state index < -0.39 is 7.12 Å². The van der Waals surface area contributed by atoms with Gasteiger partial charge >= 0.3 is 7.12 Å². The average Bonchev–Trinajstić information content (AvgIpc) is 2.33. The first kappa shape index (κ1) is 7.22. The molecule has 1 aromatic rings. The largest absolute Gasteiger partial charge is 0.491 e. The summed E-state index contributed by atoms with van der Waals surface area (Å²) in [4.78, 5) is 0.855. The van der Waals surface area contributed by atoms with Crippen molar-refractivity contribution in [2.75, 3.05) is 0 Å². The van der Waals surface area contributed by atoms with Gasteiger partial charge in [-0.15, -0.1) is 12.6 Å². The van der Waals surface area contributed by atoms with Crippen molar-refractivity contribution in [3.63, 3.8) is 0 Å². The molecule has 0 unspecified atom stereocenters. The molecule has 0 aromatic heterocycles. The molecule has 0 aliphatic carbocycles. The lowest BCUT2D eigenvalue weighted by Crippen LogP contribution is -2.27. The van der Waals surface area contributed by atoms with Gasteiger partial charge in [0.15, 0.2) is 0 Å². The molecule has 0 amide bonds. The molecule has 11 heavy (non-hydrogen) atoms. The SMILES string of the molecule is OB1OCc2ccc(S)cc21. The van der Waals surface area contributed by atoms with Gasteiger partial charge in [0.25, 0.3) is 0 Å². The fourth-order valence-corrected chi connectivity index (χ4v) is 1.42. The topological polar surface area (TPSA) is 29.5 Å². The zero-order chi connectivity index (χ0) is 7.84. The normalized spacial score (nSPS) is 15.3. The zero-order valence-electron chi connectivity index (χ0n) is 5.82. The molecule has 0 fully saturated rings. The summed E-state index contributed by atoms with van der Waals surface area (Å²) in [5.74, 6) is 0. The first-order valence-electron chi connectivity index (χ1n) is 3.39. The monoisotopic (exact) mass is 166 g/mol. The Labute approximate surface area is 70.7 Å². The maximum atomic E-state index is 9.25. The molecule has 0 saturated carbocycles. The standard InChI is InChI=1S/C7H7BO2S/c9-8-7-3-6(11)2-1-5(7)4-10-8/h1-3,9,11H,4H2. The Balaban J connectivity index is 2.52. The van der Waals surface area contributed by atoms with Crippen molar-refractivity contribution in [3.8, 4) is 0 Å². The Morgan fingerprint density at radius 1 is 1.55 bits per heavy atom. The number of benzene rings is 1. The average molecular weight is 166 g/mol. The fraction of sp³-hybridized carbons (Fsp3) is 0.143. The fourth-order valence-electron chi connectivity index (χ4n) is 1.20. The van der Waals surface area contributed by atoms with Crippen LogP contribution in [0.3, 0.4) is 0 Å². The summed E-state index contributed by atoms with van der Waals surface area (Å²) in [5.41, 5.74) is 1.90. The second-order valence-electron chi connectivity index (χ2n) is 2.55. The zero-order valence-corrected chi connectivity index (χ0v) is 6.71. The quantitative estimate of drug-likeness (QED) is 0.425. The van der Waals surface area contributed by atoms with Crippen LogP contribution >= 0.6 is 12.6 Å². The van der Waals surface area contributed by atoms with Crippen molar-refractivity contribution in [1.29, 1.82) is 0 Å². The molecular weight excluding hydrogens is 159 g/mol. The van der Waals surface area contributed by atoms with E-state index in [0.717, 1.165) is 15.9 Å². The first-order valence-corrected chi connectivity index (χ1v) is 3.83. The van der Waals surface area contributed by atoms with Gasteiger partial charge in [-0.1, -0.05) is 6.07 Å². The molecule has 1 aliphatic rings. The third kappa shape index (κ3) is 1.17. The van der Waals surface area contributed by atoms with E-state index in [-0.39, 0.29) is 0 Å². The first-order chi connectivity index (χ1) is 5.27. The van der Waals surface area contributed by atoms with E-state index in [9.17, 15) is 5.02 Å². The minimum Gasteiger partial charge on any atom is -0.423 e. The van der Waals surface area contributed by atoms with E-state index in [1.807, 2.05) is 18.2 Å². The van der Waals surface area contributed by atoms with Crippen molar-refractivity contribution >= 4 is 25.2 Å². The molecule has 1 aliphatic heterocycles. The second-order valence-corrected chi connectivity index (χ2v) is 3.06. The van der Waals surface area contributed by atoms with E-state index in [2.05, 4.69) is 12.6 Å². The van der Waals surface area contributed by atoms with Gasteiger partial charge in [0, 0.05) is 4.90 Å². The number of hydrogen-bond donors (Lipinski definition) is 2. The van der Waals surface area contributed by atoms with Gasteiger partial charge in [-0.05, 0) is 23.2 Å². The highest BCUT2D eigenvalue weighted by molar-refractivity contribution is 7.80. The van der Waals surface area contributed by atoms with Gasteiger partial charge in [-0.2, -0.15) is 0 Å². The Bertz CT molecular complexity index is 290. The number of thiol groups is 1. The van der Waals surface area contributed by atoms with Crippen molar-refractivity contribution in [1.82, 2.24) is 0 Å². The summed E-state index contributed by atoms with van der Waals surface area (Å²) in [6.45, 7) is 0.505. The van der Waals surface area contributed by atoms with E-state index in [1.165, 1.54) is 0 Å². The van der Waals surface area contributed by atoms with Crippen LogP contribution in [0.2, 0.25) is 0 Å². The van der Waals surface area contributed by atoms with E-state index in [1.54, 1.807) is 0 Å². The maximum Gasteiger partial charge on any atom is 0.491 e. The van der Waals surface area contributed by atoms with Crippen LogP contribution in [0, 0.1) is 0 Å². The van der Waals surface area contributed by atoms with Crippen LogP contribution in [-0.2, 0) is 11.3 Å². The van der Waals surface area contributed by atoms with Gasteiger partial charge in [-0.25, -0.2) is 0 Å². The highest BCUT2D eigenvalue weighted by atomic mass is 32.1. The van der Waals surface area contributed by atoms with Gasteiger partial charge in [0.05, 0.1) is 6.61 Å².